The molecule has 0 atom stereocenters. The number of benzene rings is 4. The van der Waals surface area contributed by atoms with Gasteiger partial charge < -0.3 is 14.5 Å². The van der Waals surface area contributed by atoms with Crippen LogP contribution < -0.4 is 15.0 Å². The lowest BCUT2D eigenvalue weighted by Gasteiger charge is -2.03. The smallest absolute Gasteiger partial charge is 0.439 e. The highest BCUT2D eigenvalue weighted by molar-refractivity contribution is 5.78. The van der Waals surface area contributed by atoms with Gasteiger partial charge in [0, 0.05) is 12.1 Å². The van der Waals surface area contributed by atoms with Gasteiger partial charge in [0.25, 0.3) is 0 Å². The van der Waals surface area contributed by atoms with Crippen molar-refractivity contribution in [1.29, 1.82) is 0 Å². The van der Waals surface area contributed by atoms with E-state index >= 15 is 0 Å². The van der Waals surface area contributed by atoms with E-state index in [1.165, 1.54) is 10.3 Å². The predicted octanol–water partition coefficient (Wildman–Crippen LogP) is 7.33. The van der Waals surface area contributed by atoms with Gasteiger partial charge in [-0.25, -0.2) is 0 Å². The van der Waals surface area contributed by atoms with Gasteiger partial charge >= 0.3 is 7.30 Å². The monoisotopic (exact) mass is 445 g/mol. The summed E-state index contributed by atoms with van der Waals surface area (Å²) in [6.07, 6.45) is 3.55. The third-order valence-electron chi connectivity index (χ3n) is 5.72. The van der Waals surface area contributed by atoms with Crippen molar-refractivity contribution in [2.75, 3.05) is 5.31 Å². The van der Waals surface area contributed by atoms with E-state index in [9.17, 15) is 0 Å². The summed E-state index contributed by atoms with van der Waals surface area (Å²) in [4.78, 5) is 1.29. The number of rotatable bonds is 4. The van der Waals surface area contributed by atoms with Gasteiger partial charge in [-0.15, -0.1) is 0 Å². The zero-order valence-corrected chi connectivity index (χ0v) is 18.6. The van der Waals surface area contributed by atoms with Gasteiger partial charge in [0.15, 0.2) is 13.0 Å². The first kappa shape index (κ1) is 17.9. The lowest BCUT2D eigenvalue weighted by molar-refractivity contribution is -0.357. The maximum absolute atomic E-state index is 8.59. The Bertz CT molecular complexity index is 1640. The van der Waals surface area contributed by atoms with Crippen LogP contribution in [0.5, 0.6) is 5.75 Å². The summed E-state index contributed by atoms with van der Waals surface area (Å²) in [6.45, 7) is 1.89. The van der Waals surface area contributed by atoms with Crippen LogP contribution in [-0.2, 0) is 0 Å². The number of fused-ring (bicyclic) bond motifs is 2. The number of aromatic amines is 1. The first-order chi connectivity index (χ1) is 17.6. The summed E-state index contributed by atoms with van der Waals surface area (Å²) in [5, 5.41) is 1.29. The van der Waals surface area contributed by atoms with E-state index in [0.29, 0.717) is 34.3 Å². The molecule has 6 rings (SSSR count). The fourth-order valence-electron chi connectivity index (χ4n) is 4.07. The molecule has 0 saturated carbocycles. The number of oxazole rings is 1. The van der Waals surface area contributed by atoms with Gasteiger partial charge in [-0.3, -0.25) is 0 Å². The van der Waals surface area contributed by atoms with Crippen molar-refractivity contribution in [3.63, 3.8) is 0 Å². The topological polar surface area (TPSA) is 48.5 Å². The number of nitrogens with one attached hydrogen (secondary N) is 2. The van der Waals surface area contributed by atoms with Crippen LogP contribution in [0.15, 0.2) is 119 Å². The van der Waals surface area contributed by atoms with Crippen LogP contribution in [0.4, 0.5) is 5.69 Å². The minimum atomic E-state index is 0.392. The Balaban J connectivity index is 1.29. The molecule has 1 aliphatic heterocycles. The fraction of sp³-hybridized carbons (Fsp3) is 0.0333. The first-order valence-corrected chi connectivity index (χ1v) is 11.2. The van der Waals surface area contributed by atoms with Gasteiger partial charge in [0.1, 0.15) is 0 Å². The van der Waals surface area contributed by atoms with Crippen LogP contribution in [0.25, 0.3) is 39.4 Å². The average molecular weight is 446 g/mol. The van der Waals surface area contributed by atoms with E-state index in [4.69, 9.17) is 12.0 Å². The van der Waals surface area contributed by atoms with E-state index in [1.807, 2.05) is 104 Å². The quantitative estimate of drug-likeness (QED) is 0.315. The molecule has 4 nitrogen and oxygen atoms in total. The van der Waals surface area contributed by atoms with Crippen molar-refractivity contribution in [3.05, 3.63) is 120 Å². The molecule has 0 amide bonds. The van der Waals surface area contributed by atoms with Gasteiger partial charge in [-0.2, -0.15) is 4.98 Å². The zero-order valence-electron chi connectivity index (χ0n) is 20.6. The maximum Gasteiger partial charge on any atom is 0.458 e. The van der Waals surface area contributed by atoms with Crippen molar-refractivity contribution in [2.24, 2.45) is 0 Å². The molecule has 2 heterocycles. The van der Waals surface area contributed by atoms with E-state index in [1.54, 1.807) is 12.2 Å². The van der Waals surface area contributed by atoms with Gasteiger partial charge in [0.05, 0.1) is 11.8 Å². The largest absolute Gasteiger partial charge is 0.458 e. The van der Waals surface area contributed by atoms with E-state index in [2.05, 4.69) is 0 Å². The minimum absolute atomic E-state index is 0.392. The fourth-order valence-corrected chi connectivity index (χ4v) is 4.07. The van der Waals surface area contributed by atoms with Crippen LogP contribution in [0, 0.1) is 0 Å². The molecule has 0 unspecified atom stereocenters. The van der Waals surface area contributed by atoms with Crippen LogP contribution >= 0.6 is 0 Å². The Morgan fingerprint density at radius 3 is 2.26 bits per heavy atom. The number of H-pyrrole nitrogens is 1. The second-order valence-corrected chi connectivity index (χ2v) is 8.23. The number of aromatic nitrogens is 1. The van der Waals surface area contributed by atoms with Gasteiger partial charge in [-0.1, -0.05) is 72.8 Å². The summed E-state index contributed by atoms with van der Waals surface area (Å²) < 4.78 is 29.1. The second-order valence-electron chi connectivity index (χ2n) is 8.23. The maximum atomic E-state index is 8.59. The predicted molar refractivity (Wildman–Crippen MR) is 136 cm³/mol. The SMILES string of the molecule is [2H]N1C(=CC(C)=Cc2oc3ccc(-c4ccccc4)cc3[n+]2[2H])Oc2ccc(-c3ccccc3)cc21. The molecule has 1 aliphatic rings. The van der Waals surface area contributed by atoms with Crippen LogP contribution in [0.3, 0.4) is 0 Å². The summed E-state index contributed by atoms with van der Waals surface area (Å²) in [7, 11) is 0. The Morgan fingerprint density at radius 2 is 1.53 bits per heavy atom. The van der Waals surface area contributed by atoms with Crippen molar-refractivity contribution in [1.82, 2.24) is 0 Å². The molecule has 4 heteroatoms. The van der Waals surface area contributed by atoms with E-state index in [-0.39, 0.29) is 0 Å². The van der Waals surface area contributed by atoms with Crippen molar-refractivity contribution >= 4 is 22.9 Å². The highest BCUT2D eigenvalue weighted by atomic mass is 16.5. The molecule has 0 bridgehead atoms. The highest BCUT2D eigenvalue weighted by Crippen LogP contribution is 2.37. The van der Waals surface area contributed by atoms with Crippen LogP contribution in [0.1, 0.15) is 12.8 Å². The molecule has 0 saturated heterocycles. The average Bonchev–Trinajstić information content (AvgIpc) is 3.39. The van der Waals surface area contributed by atoms with Crippen LogP contribution in [-0.4, -0.2) is 0 Å². The number of allylic oxidation sites excluding steroid dienone is 2. The van der Waals surface area contributed by atoms with E-state index in [0.717, 1.165) is 27.8 Å². The highest BCUT2D eigenvalue weighted by Gasteiger charge is 2.18. The molecular formula is C30H23N2O2+. The third-order valence-corrected chi connectivity index (χ3v) is 5.72. The van der Waals surface area contributed by atoms with Crippen molar-refractivity contribution in [3.8, 4) is 28.0 Å². The van der Waals surface area contributed by atoms with E-state index < -0.39 is 0 Å². The third kappa shape index (κ3) is 3.97. The molecule has 164 valence electrons. The lowest BCUT2D eigenvalue weighted by Crippen LogP contribution is -2.02. The Kier molecular flexibility index (Phi) is 4.43. The Labute approximate surface area is 200 Å². The first-order valence-electron chi connectivity index (χ1n) is 12.1. The van der Waals surface area contributed by atoms with Gasteiger partial charge in [-0.05, 0) is 52.9 Å². The Morgan fingerprint density at radius 1 is 0.853 bits per heavy atom. The lowest BCUT2D eigenvalue weighted by atomic mass is 10.1. The molecule has 5 aromatic rings. The van der Waals surface area contributed by atoms with Gasteiger partial charge in [0.2, 0.25) is 11.1 Å². The molecular weight excluding hydrogens is 420 g/mol. The summed E-state index contributed by atoms with van der Waals surface area (Å²) >= 11 is 0. The van der Waals surface area contributed by atoms with Crippen molar-refractivity contribution < 1.29 is 17.0 Å². The standard InChI is InChI=1S/C30H22N2O2/c1-20(16-29-31-25-18-23(12-14-27(25)33-29)21-8-4-2-5-9-21)17-30-32-26-19-24(13-15-28(26)34-30)22-10-6-3-7-11-22/h2-19,31H,1H3/p+1/i/hD2. The minimum Gasteiger partial charge on any atom is -0.439 e. The number of hydrogen-bond donors (Lipinski definition) is 1. The molecule has 0 fully saturated rings. The molecule has 0 aliphatic carbocycles. The Hall–Kier alpha value is -4.57. The normalized spacial score (nSPS) is 15.3. The number of ether oxygens (including phenoxy) is 1. The second kappa shape index (κ2) is 8.41. The molecule has 34 heavy (non-hydrogen) atoms. The summed E-state index contributed by atoms with van der Waals surface area (Å²) in [6, 6.07) is 31.8. The number of hydrogen-bond acceptors (Lipinski definition) is 3. The molecule has 0 radical (unpaired) electrons. The molecule has 2 N–H and O–H groups in total. The van der Waals surface area contributed by atoms with Crippen LogP contribution in [0.2, 0.25) is 2.82 Å². The molecule has 4 aromatic carbocycles. The molecule has 1 aromatic heterocycles. The molecule has 0 spiro atoms. The van der Waals surface area contributed by atoms with Crippen molar-refractivity contribution in [2.45, 2.75) is 6.92 Å². The number of anilines is 1. The zero-order chi connectivity index (χ0) is 24.6. The summed E-state index contributed by atoms with van der Waals surface area (Å²) in [5.74, 6) is 1.42. The summed E-state index contributed by atoms with van der Waals surface area (Å²) in [5.41, 5.74) is 7.02.